The topological polar surface area (TPSA) is 76.0 Å². The minimum Gasteiger partial charge on any atom is -0.504 e. The molecule has 0 heterocycles. The van der Waals surface area contributed by atoms with Crippen molar-refractivity contribution >= 4 is 21.9 Å². The summed E-state index contributed by atoms with van der Waals surface area (Å²) >= 11 is 3.32. The molecule has 1 aliphatic carbocycles. The van der Waals surface area contributed by atoms with E-state index in [1.165, 1.54) is 14.2 Å². The predicted molar refractivity (Wildman–Crippen MR) is 72.1 cm³/mol. The second kappa shape index (κ2) is 4.92. The van der Waals surface area contributed by atoms with Gasteiger partial charge in [-0.15, -0.1) is 0 Å². The highest BCUT2D eigenvalue weighted by atomic mass is 79.9. The number of rotatable bonds is 4. The summed E-state index contributed by atoms with van der Waals surface area (Å²) in [5, 5.41) is 19.8. The second-order valence-electron chi connectivity index (χ2n) is 4.56. The van der Waals surface area contributed by atoms with Gasteiger partial charge in [0.2, 0.25) is 5.75 Å². The van der Waals surface area contributed by atoms with Crippen LogP contribution in [0.25, 0.3) is 0 Å². The van der Waals surface area contributed by atoms with E-state index in [2.05, 4.69) is 15.9 Å². The van der Waals surface area contributed by atoms with Crippen LogP contribution >= 0.6 is 15.9 Å². The van der Waals surface area contributed by atoms with Gasteiger partial charge in [-0.1, -0.05) is 22.4 Å². The molecule has 1 aromatic rings. The van der Waals surface area contributed by atoms with Gasteiger partial charge >= 0.3 is 5.97 Å². The number of ether oxygens (including phenoxy) is 2. The lowest BCUT2D eigenvalue weighted by molar-refractivity contribution is -0.147. The van der Waals surface area contributed by atoms with Gasteiger partial charge < -0.3 is 19.7 Å². The first-order chi connectivity index (χ1) is 8.97. The zero-order valence-corrected chi connectivity index (χ0v) is 12.3. The minimum absolute atomic E-state index is 0.160. The maximum atomic E-state index is 11.6. The summed E-state index contributed by atoms with van der Waals surface area (Å²) in [7, 11) is 2.86. The summed E-state index contributed by atoms with van der Waals surface area (Å²) in [4.78, 5) is 11.6. The molecule has 0 radical (unpaired) electrons. The molecule has 6 heteroatoms. The van der Waals surface area contributed by atoms with Crippen molar-refractivity contribution < 1.29 is 24.5 Å². The summed E-state index contributed by atoms with van der Waals surface area (Å²) in [6.07, 6.45) is 1.83. The van der Waals surface area contributed by atoms with Crippen molar-refractivity contribution in [3.05, 3.63) is 16.1 Å². The van der Waals surface area contributed by atoms with Crippen molar-refractivity contribution in [1.82, 2.24) is 0 Å². The third-order valence-corrected chi connectivity index (χ3v) is 4.32. The van der Waals surface area contributed by atoms with E-state index < -0.39 is 11.4 Å². The van der Waals surface area contributed by atoms with E-state index in [-0.39, 0.29) is 11.5 Å². The molecule has 1 aromatic carbocycles. The minimum atomic E-state index is -1.04. The van der Waals surface area contributed by atoms with Crippen molar-refractivity contribution in [3.8, 4) is 17.2 Å². The Hall–Kier alpha value is -1.43. The van der Waals surface area contributed by atoms with E-state index in [0.717, 1.165) is 6.42 Å². The summed E-state index contributed by atoms with van der Waals surface area (Å²) in [5.74, 6) is -0.582. The molecule has 0 spiro atoms. The predicted octanol–water partition coefficient (Wildman–Crippen LogP) is 2.68. The zero-order chi connectivity index (χ0) is 14.2. The standard InChI is InChI=1S/C13H15BrO5/c1-18-8-6-7(14)9(10(15)11(8)19-2)13(12(16)17)4-3-5-13/h6,15H,3-5H2,1-2H3,(H,16,17). The third kappa shape index (κ3) is 1.94. The van der Waals surface area contributed by atoms with Crippen LogP contribution in [0.4, 0.5) is 0 Å². The first-order valence-electron chi connectivity index (χ1n) is 5.85. The molecule has 0 unspecified atom stereocenters. The number of carboxylic acid groups (broad SMARTS) is 1. The lowest BCUT2D eigenvalue weighted by Gasteiger charge is -2.39. The molecule has 0 aromatic heterocycles. The van der Waals surface area contributed by atoms with E-state index in [0.29, 0.717) is 28.6 Å². The largest absolute Gasteiger partial charge is 0.504 e. The SMILES string of the molecule is COc1cc(Br)c(C2(C(=O)O)CCC2)c(O)c1OC. The fourth-order valence-electron chi connectivity index (χ4n) is 2.50. The first kappa shape index (κ1) is 14.0. The molecule has 0 atom stereocenters. The van der Waals surface area contributed by atoms with Crippen molar-refractivity contribution in [2.75, 3.05) is 14.2 Å². The van der Waals surface area contributed by atoms with E-state index in [4.69, 9.17) is 9.47 Å². The Morgan fingerprint density at radius 3 is 2.37 bits per heavy atom. The number of phenolic OH excluding ortho intramolecular Hbond substituents is 1. The van der Waals surface area contributed by atoms with Crippen LogP contribution < -0.4 is 9.47 Å². The highest BCUT2D eigenvalue weighted by molar-refractivity contribution is 9.10. The Morgan fingerprint density at radius 1 is 1.37 bits per heavy atom. The van der Waals surface area contributed by atoms with Gasteiger partial charge in [-0.05, 0) is 18.9 Å². The lowest BCUT2D eigenvalue weighted by atomic mass is 9.64. The number of phenols is 1. The van der Waals surface area contributed by atoms with Crippen molar-refractivity contribution in [2.24, 2.45) is 0 Å². The average molecular weight is 331 g/mol. The molecular weight excluding hydrogens is 316 g/mol. The molecule has 0 amide bonds. The number of hydrogen-bond acceptors (Lipinski definition) is 4. The normalized spacial score (nSPS) is 16.6. The summed E-state index contributed by atoms with van der Waals surface area (Å²) in [5.41, 5.74) is -0.674. The van der Waals surface area contributed by atoms with Gasteiger partial charge in [0.25, 0.3) is 0 Å². The number of aliphatic carboxylic acids is 1. The van der Waals surface area contributed by atoms with Crippen molar-refractivity contribution in [3.63, 3.8) is 0 Å². The Kier molecular flexibility index (Phi) is 3.62. The van der Waals surface area contributed by atoms with Crippen LogP contribution in [0.2, 0.25) is 0 Å². The van der Waals surface area contributed by atoms with Crippen LogP contribution in [0.15, 0.2) is 10.5 Å². The molecular formula is C13H15BrO5. The van der Waals surface area contributed by atoms with Gasteiger partial charge in [0.1, 0.15) is 0 Å². The molecule has 1 aliphatic rings. The monoisotopic (exact) mass is 330 g/mol. The zero-order valence-electron chi connectivity index (χ0n) is 10.7. The van der Waals surface area contributed by atoms with Gasteiger partial charge in [-0.3, -0.25) is 4.79 Å². The summed E-state index contributed by atoms with van der Waals surface area (Å²) in [6, 6.07) is 1.62. The quantitative estimate of drug-likeness (QED) is 0.887. The number of carboxylic acids is 1. The van der Waals surface area contributed by atoms with Crippen molar-refractivity contribution in [2.45, 2.75) is 24.7 Å². The smallest absolute Gasteiger partial charge is 0.314 e. The Morgan fingerprint density at radius 2 is 2.00 bits per heavy atom. The molecule has 19 heavy (non-hydrogen) atoms. The van der Waals surface area contributed by atoms with Gasteiger partial charge in [0.15, 0.2) is 11.5 Å². The Labute approximate surface area is 119 Å². The lowest BCUT2D eigenvalue weighted by Crippen LogP contribution is -2.42. The van der Waals surface area contributed by atoms with E-state index in [1.54, 1.807) is 6.07 Å². The highest BCUT2D eigenvalue weighted by Gasteiger charge is 2.49. The molecule has 0 bridgehead atoms. The highest BCUT2D eigenvalue weighted by Crippen LogP contribution is 2.54. The number of aromatic hydroxyl groups is 1. The molecule has 2 rings (SSSR count). The molecule has 0 aliphatic heterocycles. The van der Waals surface area contributed by atoms with Crippen molar-refractivity contribution in [1.29, 1.82) is 0 Å². The van der Waals surface area contributed by atoms with Crippen LogP contribution in [0, 0.1) is 0 Å². The summed E-state index contributed by atoms with van der Waals surface area (Å²) < 4.78 is 10.8. The second-order valence-corrected chi connectivity index (χ2v) is 5.41. The van der Waals surface area contributed by atoms with Gasteiger partial charge in [0.05, 0.1) is 19.6 Å². The van der Waals surface area contributed by atoms with E-state index in [1.807, 2.05) is 0 Å². The van der Waals surface area contributed by atoms with Crippen LogP contribution in [-0.4, -0.2) is 30.4 Å². The van der Waals surface area contributed by atoms with E-state index in [9.17, 15) is 15.0 Å². The maximum absolute atomic E-state index is 11.6. The molecule has 104 valence electrons. The molecule has 5 nitrogen and oxygen atoms in total. The van der Waals surface area contributed by atoms with Crippen LogP contribution in [0.1, 0.15) is 24.8 Å². The van der Waals surface area contributed by atoms with Crippen LogP contribution in [-0.2, 0) is 10.2 Å². The van der Waals surface area contributed by atoms with Gasteiger partial charge in [-0.2, -0.15) is 0 Å². The molecule has 1 saturated carbocycles. The number of benzene rings is 1. The maximum Gasteiger partial charge on any atom is 0.314 e. The van der Waals surface area contributed by atoms with Crippen LogP contribution in [0.5, 0.6) is 17.2 Å². The Bertz CT molecular complexity index is 522. The molecule has 2 N–H and O–H groups in total. The Balaban J connectivity index is 2.67. The van der Waals surface area contributed by atoms with E-state index >= 15 is 0 Å². The first-order valence-corrected chi connectivity index (χ1v) is 6.64. The summed E-state index contributed by atoms with van der Waals surface area (Å²) in [6.45, 7) is 0. The number of halogens is 1. The number of hydrogen-bond donors (Lipinski definition) is 2. The number of carbonyl (C=O) groups is 1. The van der Waals surface area contributed by atoms with Crippen LogP contribution in [0.3, 0.4) is 0 Å². The van der Waals surface area contributed by atoms with Gasteiger partial charge in [-0.25, -0.2) is 0 Å². The number of methoxy groups -OCH3 is 2. The average Bonchev–Trinajstić information content (AvgIpc) is 2.30. The fourth-order valence-corrected chi connectivity index (χ4v) is 3.28. The molecule has 1 fully saturated rings. The molecule has 0 saturated heterocycles. The fraction of sp³-hybridized carbons (Fsp3) is 0.462. The third-order valence-electron chi connectivity index (χ3n) is 3.69. The van der Waals surface area contributed by atoms with Gasteiger partial charge in [0, 0.05) is 10.0 Å².